The predicted molar refractivity (Wildman–Crippen MR) is 232 cm³/mol. The summed E-state index contributed by atoms with van der Waals surface area (Å²) in [6, 6.07) is 19.7. The number of carbonyl (C=O) groups excluding carboxylic acids is 3. The van der Waals surface area contributed by atoms with Gasteiger partial charge in [0.25, 0.3) is 5.56 Å². The van der Waals surface area contributed by atoms with Gasteiger partial charge in [-0.1, -0.05) is 57.2 Å². The van der Waals surface area contributed by atoms with Crippen LogP contribution in [0.5, 0.6) is 0 Å². The first-order valence-corrected chi connectivity index (χ1v) is 20.9. The zero-order chi connectivity index (χ0) is 41.8. The van der Waals surface area contributed by atoms with Crippen molar-refractivity contribution in [3.8, 4) is 32.8 Å². The van der Waals surface area contributed by atoms with E-state index in [1.54, 1.807) is 40.6 Å². The average molecular weight is 817 g/mol. The topological polar surface area (TPSA) is 183 Å². The number of amides is 3. The third-order valence-corrected chi connectivity index (χ3v) is 12.2. The van der Waals surface area contributed by atoms with Crippen LogP contribution in [0.2, 0.25) is 0 Å². The summed E-state index contributed by atoms with van der Waals surface area (Å²) in [4.78, 5) is 67.9. The Hall–Kier alpha value is -5.93. The molecule has 2 fully saturated rings. The predicted octanol–water partition coefficient (Wildman–Crippen LogP) is 5.03. The van der Waals surface area contributed by atoms with Crippen molar-refractivity contribution in [1.82, 2.24) is 40.6 Å². The summed E-state index contributed by atoms with van der Waals surface area (Å²) in [5.74, 6) is -0.372. The monoisotopic (exact) mass is 816 g/mol. The van der Waals surface area contributed by atoms with Gasteiger partial charge in [-0.15, -0.1) is 21.5 Å². The lowest BCUT2D eigenvalue weighted by molar-refractivity contribution is -0.144. The molecule has 0 radical (unpaired) electrons. The summed E-state index contributed by atoms with van der Waals surface area (Å²) >= 11 is 1.60. The molecule has 7 rings (SSSR count). The lowest BCUT2D eigenvalue weighted by Gasteiger charge is -2.38. The SMILES string of the molecule is Cc1ncsc1-c1ccc(C(C)NC(=O)C2CCCN2C(=O)C(NC(=O)CN2CCN(c3ccc(-c4cc(-c5ccc[nH]c5=O)nnc4N)cc3)CC2)C(C)(C)C)cc1. The van der Waals surface area contributed by atoms with Gasteiger partial charge in [0.1, 0.15) is 12.1 Å². The number of H-pyrrole nitrogens is 1. The number of nitrogen functional groups attached to an aromatic ring is 1. The molecule has 308 valence electrons. The molecule has 3 unspecified atom stereocenters. The van der Waals surface area contributed by atoms with Crippen LogP contribution in [0, 0.1) is 12.3 Å². The summed E-state index contributed by atoms with van der Waals surface area (Å²) in [5, 5.41) is 14.4. The van der Waals surface area contributed by atoms with Crippen LogP contribution in [-0.2, 0) is 14.4 Å². The Morgan fingerprint density at radius 3 is 2.31 bits per heavy atom. The molecule has 3 amide bonds. The van der Waals surface area contributed by atoms with Gasteiger partial charge in [-0.3, -0.25) is 24.1 Å². The van der Waals surface area contributed by atoms with E-state index < -0.39 is 17.5 Å². The van der Waals surface area contributed by atoms with Gasteiger partial charge in [0.2, 0.25) is 17.7 Å². The van der Waals surface area contributed by atoms with Crippen LogP contribution in [0.1, 0.15) is 57.8 Å². The van der Waals surface area contributed by atoms with Crippen molar-refractivity contribution in [3.05, 3.63) is 100 Å². The number of anilines is 2. The second kappa shape index (κ2) is 17.5. The number of likely N-dealkylation sites (tertiary alicyclic amines) is 1. The molecule has 3 aromatic heterocycles. The van der Waals surface area contributed by atoms with Crippen molar-refractivity contribution in [2.45, 2.75) is 65.6 Å². The first-order valence-electron chi connectivity index (χ1n) is 20.1. The Labute approximate surface area is 348 Å². The van der Waals surface area contributed by atoms with E-state index in [0.717, 1.165) is 32.9 Å². The number of nitrogens with one attached hydrogen (secondary N) is 3. The highest BCUT2D eigenvalue weighted by molar-refractivity contribution is 7.13. The van der Waals surface area contributed by atoms with Crippen LogP contribution in [-0.4, -0.2) is 99.0 Å². The minimum atomic E-state index is -0.794. The van der Waals surface area contributed by atoms with Crippen LogP contribution >= 0.6 is 11.3 Å². The van der Waals surface area contributed by atoms with E-state index in [2.05, 4.69) is 40.6 Å². The smallest absolute Gasteiger partial charge is 0.257 e. The lowest BCUT2D eigenvalue weighted by atomic mass is 9.85. The molecular formula is C44H52N10O4S. The number of piperazine rings is 1. The number of hydrogen-bond acceptors (Lipinski definition) is 11. The molecule has 5 N–H and O–H groups in total. The van der Waals surface area contributed by atoms with Gasteiger partial charge < -0.3 is 31.2 Å². The van der Waals surface area contributed by atoms with Crippen molar-refractivity contribution in [2.75, 3.05) is 49.9 Å². The summed E-state index contributed by atoms with van der Waals surface area (Å²) in [7, 11) is 0. The molecule has 0 saturated carbocycles. The number of aromatic nitrogens is 4. The number of aromatic amines is 1. The van der Waals surface area contributed by atoms with Crippen LogP contribution in [0.4, 0.5) is 11.5 Å². The van der Waals surface area contributed by atoms with Crippen LogP contribution in [0.15, 0.2) is 83.2 Å². The van der Waals surface area contributed by atoms with Gasteiger partial charge in [0.15, 0.2) is 5.82 Å². The maximum atomic E-state index is 14.2. The Balaban J connectivity index is 0.920. The molecule has 5 aromatic rings. The van der Waals surface area contributed by atoms with E-state index in [0.29, 0.717) is 62.4 Å². The second-order valence-corrected chi connectivity index (χ2v) is 17.3. The van der Waals surface area contributed by atoms with Gasteiger partial charge in [-0.25, -0.2) is 4.98 Å². The Kier molecular flexibility index (Phi) is 12.2. The molecule has 0 aliphatic carbocycles. The third-order valence-electron chi connectivity index (χ3n) is 11.2. The molecule has 5 heterocycles. The van der Waals surface area contributed by atoms with E-state index in [9.17, 15) is 19.2 Å². The van der Waals surface area contributed by atoms with Gasteiger partial charge in [-0.2, -0.15) is 0 Å². The zero-order valence-electron chi connectivity index (χ0n) is 34.2. The highest BCUT2D eigenvalue weighted by Gasteiger charge is 2.42. The van der Waals surface area contributed by atoms with Crippen LogP contribution < -0.4 is 26.8 Å². The molecule has 3 atom stereocenters. The van der Waals surface area contributed by atoms with Crippen molar-refractivity contribution in [2.24, 2.45) is 5.41 Å². The highest BCUT2D eigenvalue weighted by atomic mass is 32.1. The summed E-state index contributed by atoms with van der Waals surface area (Å²) in [5.41, 5.74) is 13.7. The molecule has 0 spiro atoms. The van der Waals surface area contributed by atoms with E-state index in [1.807, 2.05) is 88.7 Å². The summed E-state index contributed by atoms with van der Waals surface area (Å²) < 4.78 is 0. The van der Waals surface area contributed by atoms with E-state index >= 15 is 0 Å². The van der Waals surface area contributed by atoms with Crippen molar-refractivity contribution < 1.29 is 14.4 Å². The largest absolute Gasteiger partial charge is 0.382 e. The Morgan fingerprint density at radius 2 is 1.64 bits per heavy atom. The van der Waals surface area contributed by atoms with E-state index in [-0.39, 0.29) is 41.7 Å². The minimum absolute atomic E-state index is 0.163. The maximum Gasteiger partial charge on any atom is 0.257 e. The number of aryl methyl sites for hydroxylation is 1. The lowest BCUT2D eigenvalue weighted by Crippen LogP contribution is -2.59. The van der Waals surface area contributed by atoms with Gasteiger partial charge in [0, 0.05) is 50.2 Å². The zero-order valence-corrected chi connectivity index (χ0v) is 35.0. The molecule has 2 aromatic carbocycles. The number of thiazole rings is 1. The fraction of sp³-hybridized carbons (Fsp3) is 0.386. The molecule has 2 aliphatic heterocycles. The molecule has 2 aliphatic rings. The van der Waals surface area contributed by atoms with Crippen molar-refractivity contribution >= 4 is 40.6 Å². The Bertz CT molecular complexity index is 2350. The standard InChI is InChI=1S/C44H52N10O4S/c1-27(29-10-12-31(13-11-29)38-28(2)47-26-59-38)48-42(57)36-9-7-19-54(36)43(58)39(44(3,4)5)49-37(55)25-52-20-22-53(23-21-52)32-16-14-30(15-17-32)34-24-35(50-51-40(34)45)33-8-6-18-46-41(33)56/h6,8,10-18,24,26-27,36,39H,7,9,19-23,25H2,1-5H3,(H2,45,51)(H,46,56)(H,48,57)(H,49,55). The van der Waals surface area contributed by atoms with Crippen LogP contribution in [0.25, 0.3) is 32.8 Å². The quantitative estimate of drug-likeness (QED) is 0.141. The maximum absolute atomic E-state index is 14.2. The van der Waals surface area contributed by atoms with Gasteiger partial charge >= 0.3 is 0 Å². The second-order valence-electron chi connectivity index (χ2n) is 16.4. The molecule has 15 heteroatoms. The number of nitrogens with zero attached hydrogens (tertiary/aromatic N) is 6. The molecule has 0 bridgehead atoms. The van der Waals surface area contributed by atoms with Gasteiger partial charge in [0.05, 0.1) is 39.9 Å². The number of nitrogens with two attached hydrogens (primary N) is 1. The highest BCUT2D eigenvalue weighted by Crippen LogP contribution is 2.31. The summed E-state index contributed by atoms with van der Waals surface area (Å²) in [6.07, 6.45) is 2.85. The summed E-state index contributed by atoms with van der Waals surface area (Å²) in [6.45, 7) is 13.1. The number of hydrogen-bond donors (Lipinski definition) is 4. The fourth-order valence-corrected chi connectivity index (χ4v) is 8.64. The number of pyridine rings is 1. The molecule has 59 heavy (non-hydrogen) atoms. The number of rotatable bonds is 11. The van der Waals surface area contributed by atoms with E-state index in [4.69, 9.17) is 5.73 Å². The minimum Gasteiger partial charge on any atom is -0.382 e. The van der Waals surface area contributed by atoms with Crippen molar-refractivity contribution in [1.29, 1.82) is 0 Å². The first-order chi connectivity index (χ1) is 28.3. The number of carbonyl (C=O) groups is 3. The van der Waals surface area contributed by atoms with E-state index in [1.165, 1.54) is 0 Å². The third kappa shape index (κ3) is 9.36. The van der Waals surface area contributed by atoms with Crippen LogP contribution in [0.3, 0.4) is 0 Å². The first kappa shape index (κ1) is 41.2. The fourth-order valence-electron chi connectivity index (χ4n) is 7.83. The normalized spacial score (nSPS) is 17.1. The molecular weight excluding hydrogens is 765 g/mol. The van der Waals surface area contributed by atoms with Crippen molar-refractivity contribution in [3.63, 3.8) is 0 Å². The van der Waals surface area contributed by atoms with Gasteiger partial charge in [-0.05, 0) is 79.1 Å². The molecule has 14 nitrogen and oxygen atoms in total. The number of benzene rings is 2. The average Bonchev–Trinajstić information content (AvgIpc) is 3.90. The Morgan fingerprint density at radius 1 is 0.932 bits per heavy atom. The molecule has 2 saturated heterocycles.